The number of hydrogen-bond donors (Lipinski definition) is 1. The first-order valence-corrected chi connectivity index (χ1v) is 4.53. The van der Waals surface area contributed by atoms with Gasteiger partial charge < -0.3 is 9.84 Å². The van der Waals surface area contributed by atoms with E-state index in [-0.39, 0.29) is 0 Å². The van der Waals surface area contributed by atoms with Crippen LogP contribution in [0.5, 0.6) is 0 Å². The van der Waals surface area contributed by atoms with Crippen LogP contribution in [0.2, 0.25) is 0 Å². The highest BCUT2D eigenvalue weighted by Crippen LogP contribution is 2.23. The lowest BCUT2D eigenvalue weighted by molar-refractivity contribution is 0.131. The first-order chi connectivity index (χ1) is 5.34. The Balaban J connectivity index is 2.30. The molecule has 0 aromatic rings. The van der Waals surface area contributed by atoms with Crippen LogP contribution in [0.4, 0.5) is 0 Å². The van der Waals surface area contributed by atoms with E-state index in [1.165, 1.54) is 6.42 Å². The van der Waals surface area contributed by atoms with Gasteiger partial charge in [-0.2, -0.15) is 0 Å². The summed E-state index contributed by atoms with van der Waals surface area (Å²) in [4.78, 5) is 0. The molecule has 1 saturated heterocycles. The summed E-state index contributed by atoms with van der Waals surface area (Å²) in [7, 11) is 0. The molecule has 1 aliphatic heterocycles. The average molecular weight is 158 g/mol. The number of aliphatic hydroxyl groups excluding tert-OH is 1. The molecule has 1 rings (SSSR count). The van der Waals surface area contributed by atoms with E-state index < -0.39 is 0 Å². The fourth-order valence-electron chi connectivity index (χ4n) is 1.65. The molecule has 0 radical (unpaired) electrons. The van der Waals surface area contributed by atoms with Gasteiger partial charge in [-0.3, -0.25) is 0 Å². The lowest BCUT2D eigenvalue weighted by Crippen LogP contribution is -2.15. The Labute approximate surface area is 68.6 Å². The standard InChI is InChI=1S/C9H18O2/c1-8(7-10)9-3-2-5-11-6-4-9/h8-10H,2-7H2,1H3. The fraction of sp³-hybridized carbons (Fsp3) is 1.00. The van der Waals surface area contributed by atoms with Gasteiger partial charge >= 0.3 is 0 Å². The SMILES string of the molecule is CC(CO)C1CCCOCC1. The Bertz CT molecular complexity index is 95.7. The van der Waals surface area contributed by atoms with Crippen molar-refractivity contribution in [3.05, 3.63) is 0 Å². The number of rotatable bonds is 2. The zero-order valence-corrected chi connectivity index (χ0v) is 7.25. The van der Waals surface area contributed by atoms with E-state index in [2.05, 4.69) is 6.92 Å². The van der Waals surface area contributed by atoms with Crippen LogP contribution in [0.15, 0.2) is 0 Å². The van der Waals surface area contributed by atoms with Gasteiger partial charge in [-0.05, 0) is 31.1 Å². The minimum atomic E-state index is 0.324. The van der Waals surface area contributed by atoms with Gasteiger partial charge in [-0.15, -0.1) is 0 Å². The molecule has 11 heavy (non-hydrogen) atoms. The number of hydrogen-bond acceptors (Lipinski definition) is 2. The molecule has 1 N–H and O–H groups in total. The molecule has 66 valence electrons. The predicted octanol–water partition coefficient (Wildman–Crippen LogP) is 1.43. The third-order valence-corrected chi connectivity index (χ3v) is 2.59. The Kier molecular flexibility index (Phi) is 3.87. The summed E-state index contributed by atoms with van der Waals surface area (Å²) in [6, 6.07) is 0. The maximum absolute atomic E-state index is 8.94. The van der Waals surface area contributed by atoms with Gasteiger partial charge in [-0.1, -0.05) is 6.92 Å². The van der Waals surface area contributed by atoms with Gasteiger partial charge in [0.05, 0.1) is 0 Å². The molecule has 0 aliphatic carbocycles. The van der Waals surface area contributed by atoms with E-state index in [0.29, 0.717) is 18.4 Å². The predicted molar refractivity (Wildman–Crippen MR) is 44.4 cm³/mol. The molecule has 2 nitrogen and oxygen atoms in total. The monoisotopic (exact) mass is 158 g/mol. The molecule has 1 heterocycles. The second kappa shape index (κ2) is 4.73. The third kappa shape index (κ3) is 2.80. The van der Waals surface area contributed by atoms with Crippen molar-refractivity contribution < 1.29 is 9.84 Å². The van der Waals surface area contributed by atoms with Crippen LogP contribution in [-0.4, -0.2) is 24.9 Å². The van der Waals surface area contributed by atoms with Crippen LogP contribution in [0, 0.1) is 11.8 Å². The van der Waals surface area contributed by atoms with Gasteiger partial charge in [0.2, 0.25) is 0 Å². The number of ether oxygens (including phenoxy) is 1. The van der Waals surface area contributed by atoms with Gasteiger partial charge in [0.1, 0.15) is 0 Å². The summed E-state index contributed by atoms with van der Waals surface area (Å²) in [5, 5.41) is 8.94. The summed E-state index contributed by atoms with van der Waals surface area (Å²) >= 11 is 0. The first kappa shape index (κ1) is 9.01. The highest BCUT2D eigenvalue weighted by atomic mass is 16.5. The van der Waals surface area contributed by atoms with E-state index >= 15 is 0 Å². The highest BCUT2D eigenvalue weighted by Gasteiger charge is 2.17. The molecule has 0 spiro atoms. The van der Waals surface area contributed by atoms with E-state index in [4.69, 9.17) is 9.84 Å². The summed E-state index contributed by atoms with van der Waals surface area (Å²) in [6.45, 7) is 4.24. The minimum absolute atomic E-state index is 0.324. The third-order valence-electron chi connectivity index (χ3n) is 2.59. The minimum Gasteiger partial charge on any atom is -0.396 e. The van der Waals surface area contributed by atoms with Gasteiger partial charge in [0, 0.05) is 19.8 Å². The van der Waals surface area contributed by atoms with E-state index in [1.54, 1.807) is 0 Å². The molecular weight excluding hydrogens is 140 g/mol. The summed E-state index contributed by atoms with van der Waals surface area (Å²) < 4.78 is 5.34. The summed E-state index contributed by atoms with van der Waals surface area (Å²) in [5.74, 6) is 1.14. The van der Waals surface area contributed by atoms with Crippen LogP contribution in [-0.2, 0) is 4.74 Å². The van der Waals surface area contributed by atoms with Gasteiger partial charge in [-0.25, -0.2) is 0 Å². The smallest absolute Gasteiger partial charge is 0.0468 e. The van der Waals surface area contributed by atoms with Gasteiger partial charge in [0.15, 0.2) is 0 Å². The fourth-order valence-corrected chi connectivity index (χ4v) is 1.65. The Morgan fingerprint density at radius 3 is 3.00 bits per heavy atom. The van der Waals surface area contributed by atoms with Crippen LogP contribution in [0.3, 0.4) is 0 Å². The van der Waals surface area contributed by atoms with Crippen LogP contribution in [0.1, 0.15) is 26.2 Å². The molecule has 2 unspecified atom stereocenters. The van der Waals surface area contributed by atoms with Crippen molar-refractivity contribution in [2.75, 3.05) is 19.8 Å². The second-order valence-electron chi connectivity index (χ2n) is 3.46. The van der Waals surface area contributed by atoms with Crippen molar-refractivity contribution >= 4 is 0 Å². The van der Waals surface area contributed by atoms with Crippen molar-refractivity contribution in [1.82, 2.24) is 0 Å². The number of aliphatic hydroxyl groups is 1. The Morgan fingerprint density at radius 2 is 2.27 bits per heavy atom. The molecular formula is C9H18O2. The zero-order chi connectivity index (χ0) is 8.10. The van der Waals surface area contributed by atoms with Crippen molar-refractivity contribution in [3.63, 3.8) is 0 Å². The second-order valence-corrected chi connectivity index (χ2v) is 3.46. The van der Waals surface area contributed by atoms with E-state index in [1.807, 2.05) is 0 Å². The molecule has 2 heteroatoms. The Morgan fingerprint density at radius 1 is 1.45 bits per heavy atom. The lowest BCUT2D eigenvalue weighted by Gasteiger charge is -2.18. The molecule has 1 fully saturated rings. The molecule has 0 aromatic heterocycles. The molecule has 0 bridgehead atoms. The maximum atomic E-state index is 8.94. The van der Waals surface area contributed by atoms with Crippen LogP contribution in [0.25, 0.3) is 0 Å². The molecule has 1 aliphatic rings. The molecule has 0 saturated carbocycles. The van der Waals surface area contributed by atoms with Crippen molar-refractivity contribution in [1.29, 1.82) is 0 Å². The topological polar surface area (TPSA) is 29.5 Å². The lowest BCUT2D eigenvalue weighted by atomic mass is 9.88. The molecule has 2 atom stereocenters. The summed E-state index contributed by atoms with van der Waals surface area (Å²) in [5.41, 5.74) is 0. The molecule has 0 amide bonds. The Hall–Kier alpha value is -0.0800. The molecule has 0 aromatic carbocycles. The van der Waals surface area contributed by atoms with Crippen molar-refractivity contribution in [3.8, 4) is 0 Å². The van der Waals surface area contributed by atoms with Crippen molar-refractivity contribution in [2.45, 2.75) is 26.2 Å². The quantitative estimate of drug-likeness (QED) is 0.658. The van der Waals surface area contributed by atoms with Crippen LogP contribution < -0.4 is 0 Å². The zero-order valence-electron chi connectivity index (χ0n) is 7.25. The normalized spacial score (nSPS) is 29.5. The van der Waals surface area contributed by atoms with Crippen LogP contribution >= 0.6 is 0 Å². The van der Waals surface area contributed by atoms with Crippen molar-refractivity contribution in [2.24, 2.45) is 11.8 Å². The first-order valence-electron chi connectivity index (χ1n) is 4.53. The van der Waals surface area contributed by atoms with E-state index in [9.17, 15) is 0 Å². The highest BCUT2D eigenvalue weighted by molar-refractivity contribution is 4.67. The van der Waals surface area contributed by atoms with E-state index in [0.717, 1.165) is 26.1 Å². The largest absolute Gasteiger partial charge is 0.396 e. The average Bonchev–Trinajstić information content (AvgIpc) is 2.30. The maximum Gasteiger partial charge on any atom is 0.0468 e. The van der Waals surface area contributed by atoms with Gasteiger partial charge in [0.25, 0.3) is 0 Å². The summed E-state index contributed by atoms with van der Waals surface area (Å²) in [6.07, 6.45) is 3.51.